The molecule has 4 aromatic rings. The maximum Gasteiger partial charge on any atom is 0.257 e. The third kappa shape index (κ3) is 3.90. The van der Waals surface area contributed by atoms with Crippen molar-refractivity contribution < 1.29 is 9.53 Å². The number of halogens is 2. The van der Waals surface area contributed by atoms with Gasteiger partial charge in [0.15, 0.2) is 0 Å². The molecule has 0 aliphatic rings. The molecule has 1 heterocycles. The standard InChI is InChI=1S/C23H16Cl2N2O2/c1-29-16-7-9-21(25)19(13-16)23(28)27-15-6-8-20(24)18(12-15)22-17-5-3-2-4-14(17)10-11-26-22/h2-13H,1H3,(H,27,28). The van der Waals surface area contributed by atoms with Gasteiger partial charge in [-0.3, -0.25) is 9.78 Å². The normalized spacial score (nSPS) is 10.7. The average Bonchev–Trinajstić information content (AvgIpc) is 2.75. The summed E-state index contributed by atoms with van der Waals surface area (Å²) in [4.78, 5) is 17.3. The van der Waals surface area contributed by atoms with Gasteiger partial charge in [0.05, 0.1) is 28.4 Å². The Labute approximate surface area is 178 Å². The van der Waals surface area contributed by atoms with Crippen molar-refractivity contribution in [2.24, 2.45) is 0 Å². The number of anilines is 1. The number of ether oxygens (including phenoxy) is 1. The second-order valence-electron chi connectivity index (χ2n) is 6.38. The zero-order chi connectivity index (χ0) is 20.4. The van der Waals surface area contributed by atoms with Crippen LogP contribution < -0.4 is 10.1 Å². The van der Waals surface area contributed by atoms with Crippen molar-refractivity contribution >= 4 is 45.6 Å². The van der Waals surface area contributed by atoms with Gasteiger partial charge >= 0.3 is 0 Å². The maximum absolute atomic E-state index is 12.7. The van der Waals surface area contributed by atoms with Gasteiger partial charge in [-0.2, -0.15) is 0 Å². The van der Waals surface area contributed by atoms with Gasteiger partial charge in [0.25, 0.3) is 5.91 Å². The predicted molar refractivity (Wildman–Crippen MR) is 118 cm³/mol. The highest BCUT2D eigenvalue weighted by Gasteiger charge is 2.15. The van der Waals surface area contributed by atoms with Crippen LogP contribution >= 0.6 is 23.2 Å². The Kier molecular flexibility index (Phi) is 5.38. The number of carbonyl (C=O) groups is 1. The molecule has 0 fully saturated rings. The number of rotatable bonds is 4. The molecule has 0 saturated heterocycles. The Morgan fingerprint density at radius 1 is 0.966 bits per heavy atom. The van der Waals surface area contributed by atoms with Crippen molar-refractivity contribution in [1.29, 1.82) is 0 Å². The highest BCUT2D eigenvalue weighted by Crippen LogP contribution is 2.34. The first-order chi connectivity index (χ1) is 14.1. The second kappa shape index (κ2) is 8.11. The van der Waals surface area contributed by atoms with Gasteiger partial charge in [-0.1, -0.05) is 47.5 Å². The number of methoxy groups -OCH3 is 1. The van der Waals surface area contributed by atoms with Gasteiger partial charge in [-0.15, -0.1) is 0 Å². The van der Waals surface area contributed by atoms with Crippen LogP contribution in [0.2, 0.25) is 10.0 Å². The van der Waals surface area contributed by atoms with E-state index in [1.807, 2.05) is 36.4 Å². The van der Waals surface area contributed by atoms with Crippen molar-refractivity contribution in [3.8, 4) is 17.0 Å². The molecule has 0 aliphatic heterocycles. The minimum Gasteiger partial charge on any atom is -0.497 e. The van der Waals surface area contributed by atoms with Gasteiger partial charge in [0.2, 0.25) is 0 Å². The van der Waals surface area contributed by atoms with E-state index in [0.717, 1.165) is 22.0 Å². The number of amides is 1. The van der Waals surface area contributed by atoms with Crippen LogP contribution in [0.3, 0.4) is 0 Å². The molecule has 0 unspecified atom stereocenters. The zero-order valence-electron chi connectivity index (χ0n) is 15.4. The number of aromatic nitrogens is 1. The molecule has 1 amide bonds. The van der Waals surface area contributed by atoms with E-state index >= 15 is 0 Å². The van der Waals surface area contributed by atoms with Crippen LogP contribution in [0, 0.1) is 0 Å². The fraction of sp³-hybridized carbons (Fsp3) is 0.0435. The average molecular weight is 423 g/mol. The number of pyridine rings is 1. The van der Waals surface area contributed by atoms with Gasteiger partial charge in [0, 0.05) is 22.8 Å². The van der Waals surface area contributed by atoms with E-state index in [4.69, 9.17) is 27.9 Å². The molecular weight excluding hydrogens is 407 g/mol. The van der Waals surface area contributed by atoms with E-state index in [0.29, 0.717) is 27.0 Å². The van der Waals surface area contributed by atoms with E-state index in [-0.39, 0.29) is 5.91 Å². The highest BCUT2D eigenvalue weighted by molar-refractivity contribution is 6.35. The lowest BCUT2D eigenvalue weighted by Gasteiger charge is -2.12. The van der Waals surface area contributed by atoms with Crippen LogP contribution in [-0.2, 0) is 0 Å². The Morgan fingerprint density at radius 3 is 2.59 bits per heavy atom. The lowest BCUT2D eigenvalue weighted by molar-refractivity contribution is 0.102. The number of hydrogen-bond acceptors (Lipinski definition) is 3. The lowest BCUT2D eigenvalue weighted by Crippen LogP contribution is -2.12. The summed E-state index contributed by atoms with van der Waals surface area (Å²) in [6, 6.07) is 20.1. The van der Waals surface area contributed by atoms with E-state index < -0.39 is 0 Å². The number of carbonyl (C=O) groups excluding carboxylic acids is 1. The summed E-state index contributed by atoms with van der Waals surface area (Å²) >= 11 is 12.6. The van der Waals surface area contributed by atoms with E-state index in [1.165, 1.54) is 7.11 Å². The fourth-order valence-corrected chi connectivity index (χ4v) is 3.53. The van der Waals surface area contributed by atoms with E-state index in [1.54, 1.807) is 36.5 Å². The minimum absolute atomic E-state index is 0.325. The molecule has 0 atom stereocenters. The number of fused-ring (bicyclic) bond motifs is 1. The van der Waals surface area contributed by atoms with Crippen molar-refractivity contribution in [1.82, 2.24) is 4.98 Å². The molecule has 6 heteroatoms. The van der Waals surface area contributed by atoms with E-state index in [9.17, 15) is 4.79 Å². The van der Waals surface area contributed by atoms with Crippen LogP contribution in [0.5, 0.6) is 5.75 Å². The molecule has 29 heavy (non-hydrogen) atoms. The number of hydrogen-bond donors (Lipinski definition) is 1. The molecule has 0 bridgehead atoms. The van der Waals surface area contributed by atoms with Crippen molar-refractivity contribution in [3.05, 3.63) is 88.5 Å². The van der Waals surface area contributed by atoms with Crippen LogP contribution in [-0.4, -0.2) is 18.0 Å². The smallest absolute Gasteiger partial charge is 0.257 e. The van der Waals surface area contributed by atoms with Gasteiger partial charge in [-0.25, -0.2) is 0 Å². The Balaban J connectivity index is 1.72. The number of benzene rings is 3. The number of nitrogens with zero attached hydrogens (tertiary/aromatic N) is 1. The number of nitrogens with one attached hydrogen (secondary N) is 1. The molecule has 3 aromatic carbocycles. The maximum atomic E-state index is 12.7. The van der Waals surface area contributed by atoms with Crippen molar-refractivity contribution in [2.45, 2.75) is 0 Å². The fourth-order valence-electron chi connectivity index (χ4n) is 3.12. The third-order valence-corrected chi connectivity index (χ3v) is 5.23. The quantitative estimate of drug-likeness (QED) is 0.409. The summed E-state index contributed by atoms with van der Waals surface area (Å²) in [5.74, 6) is 0.212. The molecule has 1 aromatic heterocycles. The van der Waals surface area contributed by atoms with Gasteiger partial charge in [0.1, 0.15) is 5.75 Å². The first kappa shape index (κ1) is 19.2. The monoisotopic (exact) mass is 422 g/mol. The Bertz CT molecular complexity index is 1220. The minimum atomic E-state index is -0.340. The lowest BCUT2D eigenvalue weighted by atomic mass is 10.0. The molecule has 0 radical (unpaired) electrons. The second-order valence-corrected chi connectivity index (χ2v) is 7.19. The SMILES string of the molecule is COc1ccc(Cl)c(C(=O)Nc2ccc(Cl)c(-c3nccc4ccccc34)c2)c1. The van der Waals surface area contributed by atoms with Crippen LogP contribution in [0.25, 0.3) is 22.0 Å². The van der Waals surface area contributed by atoms with Gasteiger partial charge in [-0.05, 0) is 47.9 Å². The topological polar surface area (TPSA) is 51.2 Å². The molecular formula is C23H16Cl2N2O2. The largest absolute Gasteiger partial charge is 0.497 e. The first-order valence-corrected chi connectivity index (χ1v) is 9.61. The summed E-state index contributed by atoms with van der Waals surface area (Å²) in [5, 5.41) is 5.80. The van der Waals surface area contributed by atoms with Crippen LogP contribution in [0.15, 0.2) is 72.9 Å². The molecule has 144 valence electrons. The summed E-state index contributed by atoms with van der Waals surface area (Å²) in [6.07, 6.45) is 1.75. The van der Waals surface area contributed by atoms with Crippen molar-refractivity contribution in [3.63, 3.8) is 0 Å². The summed E-state index contributed by atoms with van der Waals surface area (Å²) < 4.78 is 5.18. The van der Waals surface area contributed by atoms with Crippen molar-refractivity contribution in [2.75, 3.05) is 12.4 Å². The predicted octanol–water partition coefficient (Wildman–Crippen LogP) is 6.47. The summed E-state index contributed by atoms with van der Waals surface area (Å²) in [5.41, 5.74) is 2.40. The molecule has 4 nitrogen and oxygen atoms in total. The summed E-state index contributed by atoms with van der Waals surface area (Å²) in [7, 11) is 1.54. The molecule has 1 N–H and O–H groups in total. The molecule has 0 spiro atoms. The molecule has 4 rings (SSSR count). The third-order valence-electron chi connectivity index (χ3n) is 4.57. The summed E-state index contributed by atoms with van der Waals surface area (Å²) in [6.45, 7) is 0. The zero-order valence-corrected chi connectivity index (χ0v) is 17.0. The Morgan fingerprint density at radius 2 is 1.76 bits per heavy atom. The van der Waals surface area contributed by atoms with Crippen LogP contribution in [0.1, 0.15) is 10.4 Å². The van der Waals surface area contributed by atoms with Gasteiger partial charge < -0.3 is 10.1 Å². The first-order valence-electron chi connectivity index (χ1n) is 8.85. The van der Waals surface area contributed by atoms with E-state index in [2.05, 4.69) is 10.3 Å². The Hall–Kier alpha value is -3.08. The van der Waals surface area contributed by atoms with Crippen LogP contribution in [0.4, 0.5) is 5.69 Å². The molecule has 0 aliphatic carbocycles. The molecule has 0 saturated carbocycles. The highest BCUT2D eigenvalue weighted by atomic mass is 35.5.